The van der Waals surface area contributed by atoms with Crippen molar-refractivity contribution in [2.24, 2.45) is 0 Å². The Morgan fingerprint density at radius 3 is 2.71 bits per heavy atom. The summed E-state index contributed by atoms with van der Waals surface area (Å²) in [4.78, 5) is 2.20. The van der Waals surface area contributed by atoms with Gasteiger partial charge in [0.1, 0.15) is 0 Å². The topological polar surface area (TPSA) is 52.1 Å². The molecule has 0 aliphatic carbocycles. The standard InChI is InChI=1S/C17H23N3O/c1-4-7-20(8-5-2)9-6-17(21)15-11-14-12-18-19-16(14)10-13(15)3/h4-5,10-12,17,21H,1-2,6-9H2,3H3,(H,18,19). The molecular formula is C17H23N3O. The van der Waals surface area contributed by atoms with Crippen LogP contribution in [-0.4, -0.2) is 39.8 Å². The summed E-state index contributed by atoms with van der Waals surface area (Å²) in [5, 5.41) is 18.5. The molecule has 2 rings (SSSR count). The van der Waals surface area contributed by atoms with E-state index in [0.29, 0.717) is 6.42 Å². The van der Waals surface area contributed by atoms with Crippen molar-refractivity contribution < 1.29 is 5.11 Å². The van der Waals surface area contributed by atoms with Crippen LogP contribution in [0.4, 0.5) is 0 Å². The Labute approximate surface area is 125 Å². The molecule has 112 valence electrons. The van der Waals surface area contributed by atoms with Crippen LogP contribution in [0.5, 0.6) is 0 Å². The van der Waals surface area contributed by atoms with Gasteiger partial charge in [0, 0.05) is 25.0 Å². The summed E-state index contributed by atoms with van der Waals surface area (Å²) in [7, 11) is 0. The van der Waals surface area contributed by atoms with Crippen LogP contribution in [0.15, 0.2) is 43.6 Å². The summed E-state index contributed by atoms with van der Waals surface area (Å²) in [6.07, 6.45) is 5.75. The van der Waals surface area contributed by atoms with Crippen molar-refractivity contribution in [1.29, 1.82) is 0 Å². The number of rotatable bonds is 8. The van der Waals surface area contributed by atoms with E-state index in [1.807, 2.05) is 31.2 Å². The Balaban J connectivity index is 2.06. The van der Waals surface area contributed by atoms with Gasteiger partial charge in [-0.3, -0.25) is 10.00 Å². The third-order valence-electron chi connectivity index (χ3n) is 3.68. The van der Waals surface area contributed by atoms with Gasteiger partial charge >= 0.3 is 0 Å². The lowest BCUT2D eigenvalue weighted by Gasteiger charge is -2.21. The molecule has 1 unspecified atom stereocenters. The van der Waals surface area contributed by atoms with Crippen LogP contribution in [0, 0.1) is 6.92 Å². The number of benzene rings is 1. The van der Waals surface area contributed by atoms with E-state index in [1.54, 1.807) is 6.20 Å². The Kier molecular flexibility index (Phi) is 5.31. The van der Waals surface area contributed by atoms with Crippen LogP contribution >= 0.6 is 0 Å². The predicted molar refractivity (Wildman–Crippen MR) is 87.2 cm³/mol. The molecule has 0 fully saturated rings. The molecule has 4 nitrogen and oxygen atoms in total. The van der Waals surface area contributed by atoms with Gasteiger partial charge in [-0.1, -0.05) is 12.2 Å². The van der Waals surface area contributed by atoms with Gasteiger partial charge in [0.05, 0.1) is 17.8 Å². The van der Waals surface area contributed by atoms with E-state index in [1.165, 1.54) is 0 Å². The average molecular weight is 285 g/mol. The fourth-order valence-corrected chi connectivity index (χ4v) is 2.56. The van der Waals surface area contributed by atoms with Crippen molar-refractivity contribution in [1.82, 2.24) is 15.1 Å². The second kappa shape index (κ2) is 7.20. The second-order valence-electron chi connectivity index (χ2n) is 5.31. The molecule has 1 heterocycles. The van der Waals surface area contributed by atoms with Crippen molar-refractivity contribution >= 4 is 10.9 Å². The molecule has 0 aliphatic heterocycles. The zero-order valence-electron chi connectivity index (χ0n) is 12.5. The van der Waals surface area contributed by atoms with Gasteiger partial charge in [-0.25, -0.2) is 0 Å². The maximum atomic E-state index is 10.5. The first-order valence-corrected chi connectivity index (χ1v) is 7.21. The lowest BCUT2D eigenvalue weighted by molar-refractivity contribution is 0.148. The van der Waals surface area contributed by atoms with E-state index < -0.39 is 6.10 Å². The van der Waals surface area contributed by atoms with Crippen molar-refractivity contribution in [2.75, 3.05) is 19.6 Å². The minimum atomic E-state index is -0.471. The van der Waals surface area contributed by atoms with Gasteiger partial charge in [-0.2, -0.15) is 5.10 Å². The molecule has 2 aromatic rings. The first-order valence-electron chi connectivity index (χ1n) is 7.21. The van der Waals surface area contributed by atoms with E-state index in [0.717, 1.165) is 41.7 Å². The molecule has 4 heteroatoms. The highest BCUT2D eigenvalue weighted by Crippen LogP contribution is 2.25. The summed E-state index contributed by atoms with van der Waals surface area (Å²) in [5.41, 5.74) is 3.06. The second-order valence-corrected chi connectivity index (χ2v) is 5.31. The number of H-pyrrole nitrogens is 1. The zero-order chi connectivity index (χ0) is 15.2. The largest absolute Gasteiger partial charge is 0.388 e. The van der Waals surface area contributed by atoms with Crippen LogP contribution < -0.4 is 0 Å². The molecule has 2 N–H and O–H groups in total. The number of aryl methyl sites for hydroxylation is 1. The third-order valence-corrected chi connectivity index (χ3v) is 3.68. The van der Waals surface area contributed by atoms with E-state index in [9.17, 15) is 5.11 Å². The normalized spacial score (nSPS) is 12.7. The molecular weight excluding hydrogens is 262 g/mol. The Morgan fingerprint density at radius 2 is 2.05 bits per heavy atom. The van der Waals surface area contributed by atoms with E-state index in [2.05, 4.69) is 28.3 Å². The molecule has 21 heavy (non-hydrogen) atoms. The minimum absolute atomic E-state index is 0.471. The molecule has 1 atom stereocenters. The number of aromatic nitrogens is 2. The highest BCUT2D eigenvalue weighted by molar-refractivity contribution is 5.79. The van der Waals surface area contributed by atoms with Crippen molar-refractivity contribution in [2.45, 2.75) is 19.4 Å². The number of aliphatic hydroxyl groups is 1. The first-order chi connectivity index (χ1) is 10.2. The van der Waals surface area contributed by atoms with Crippen molar-refractivity contribution in [3.05, 3.63) is 54.8 Å². The lowest BCUT2D eigenvalue weighted by Crippen LogP contribution is -2.26. The SMILES string of the molecule is C=CCN(CC=C)CCC(O)c1cc2cn[nH]c2cc1C. The summed E-state index contributed by atoms with van der Waals surface area (Å²) >= 11 is 0. The quantitative estimate of drug-likeness (QED) is 0.733. The van der Waals surface area contributed by atoms with Gasteiger partial charge < -0.3 is 5.11 Å². The maximum absolute atomic E-state index is 10.5. The first kappa shape index (κ1) is 15.5. The summed E-state index contributed by atoms with van der Waals surface area (Å²) < 4.78 is 0. The average Bonchev–Trinajstić information content (AvgIpc) is 2.91. The highest BCUT2D eigenvalue weighted by Gasteiger charge is 2.13. The zero-order valence-corrected chi connectivity index (χ0v) is 12.5. The van der Waals surface area contributed by atoms with Gasteiger partial charge in [-0.05, 0) is 36.6 Å². The molecule has 0 saturated heterocycles. The predicted octanol–water partition coefficient (Wildman–Crippen LogP) is 2.97. The molecule has 0 saturated carbocycles. The fourth-order valence-electron chi connectivity index (χ4n) is 2.56. The van der Waals surface area contributed by atoms with Gasteiger partial charge in [0.15, 0.2) is 0 Å². The monoisotopic (exact) mass is 285 g/mol. The van der Waals surface area contributed by atoms with Crippen molar-refractivity contribution in [3.8, 4) is 0 Å². The lowest BCUT2D eigenvalue weighted by atomic mass is 9.99. The highest BCUT2D eigenvalue weighted by atomic mass is 16.3. The molecule has 0 spiro atoms. The number of aliphatic hydroxyl groups excluding tert-OH is 1. The van der Waals surface area contributed by atoms with Crippen LogP contribution in [0.1, 0.15) is 23.7 Å². The Morgan fingerprint density at radius 1 is 1.33 bits per heavy atom. The van der Waals surface area contributed by atoms with Crippen molar-refractivity contribution in [3.63, 3.8) is 0 Å². The molecule has 1 aromatic carbocycles. The number of nitrogens with zero attached hydrogens (tertiary/aromatic N) is 2. The smallest absolute Gasteiger partial charge is 0.0805 e. The van der Waals surface area contributed by atoms with E-state index >= 15 is 0 Å². The molecule has 1 aromatic heterocycles. The number of nitrogens with one attached hydrogen (secondary N) is 1. The molecule has 0 aliphatic rings. The number of hydrogen-bond acceptors (Lipinski definition) is 3. The van der Waals surface area contributed by atoms with Crippen LogP contribution in [0.25, 0.3) is 10.9 Å². The Hall–Kier alpha value is -1.91. The summed E-state index contributed by atoms with van der Waals surface area (Å²) in [6.45, 7) is 12.0. The number of hydrogen-bond donors (Lipinski definition) is 2. The summed E-state index contributed by atoms with van der Waals surface area (Å²) in [5.74, 6) is 0. The van der Waals surface area contributed by atoms with E-state index in [4.69, 9.17) is 0 Å². The van der Waals surface area contributed by atoms with E-state index in [-0.39, 0.29) is 0 Å². The third kappa shape index (κ3) is 3.80. The van der Waals surface area contributed by atoms with Gasteiger partial charge in [0.2, 0.25) is 0 Å². The molecule has 0 amide bonds. The molecule has 0 bridgehead atoms. The summed E-state index contributed by atoms with van der Waals surface area (Å²) in [6, 6.07) is 4.05. The van der Waals surface area contributed by atoms with Gasteiger partial charge in [-0.15, -0.1) is 13.2 Å². The molecule has 0 radical (unpaired) electrons. The Bertz CT molecular complexity index is 608. The maximum Gasteiger partial charge on any atom is 0.0805 e. The number of aromatic amines is 1. The van der Waals surface area contributed by atoms with Gasteiger partial charge in [0.25, 0.3) is 0 Å². The van der Waals surface area contributed by atoms with Crippen LogP contribution in [0.3, 0.4) is 0 Å². The van der Waals surface area contributed by atoms with Crippen LogP contribution in [0.2, 0.25) is 0 Å². The minimum Gasteiger partial charge on any atom is -0.388 e. The number of fused-ring (bicyclic) bond motifs is 1. The van der Waals surface area contributed by atoms with Crippen LogP contribution in [-0.2, 0) is 0 Å². The fraction of sp³-hybridized carbons (Fsp3) is 0.353.